The summed E-state index contributed by atoms with van der Waals surface area (Å²) in [5.41, 5.74) is 2.64. The summed E-state index contributed by atoms with van der Waals surface area (Å²) in [6.07, 6.45) is 5.06. The van der Waals surface area contributed by atoms with E-state index in [9.17, 15) is 4.79 Å². The van der Waals surface area contributed by atoms with Gasteiger partial charge in [0.05, 0.1) is 19.4 Å². The molecule has 7 heteroatoms. The number of ether oxygens (including phenoxy) is 2. The number of rotatable bonds is 8. The van der Waals surface area contributed by atoms with Gasteiger partial charge in [-0.1, -0.05) is 19.9 Å². The van der Waals surface area contributed by atoms with Crippen LogP contribution >= 0.6 is 0 Å². The highest BCUT2D eigenvalue weighted by Gasteiger charge is 2.23. The van der Waals surface area contributed by atoms with E-state index in [-0.39, 0.29) is 5.91 Å². The fourth-order valence-electron chi connectivity index (χ4n) is 3.91. The highest BCUT2D eigenvalue weighted by molar-refractivity contribution is 5.95. The quantitative estimate of drug-likeness (QED) is 0.539. The molecule has 32 heavy (non-hydrogen) atoms. The predicted octanol–water partition coefficient (Wildman–Crippen LogP) is 3.73. The Bertz CT molecular complexity index is 1020. The lowest BCUT2D eigenvalue weighted by Gasteiger charge is -2.34. The average molecular weight is 437 g/mol. The number of benzene rings is 1. The van der Waals surface area contributed by atoms with Crippen molar-refractivity contribution in [2.24, 2.45) is 5.92 Å². The second kappa shape index (κ2) is 10.0. The molecular weight excluding hydrogens is 404 g/mol. The Balaban J connectivity index is 1.33. The molecule has 3 heterocycles. The molecular formula is C25H32N4O3. The van der Waals surface area contributed by atoms with Crippen molar-refractivity contribution < 1.29 is 14.3 Å². The molecule has 0 aliphatic carbocycles. The van der Waals surface area contributed by atoms with E-state index in [1.807, 2.05) is 45.8 Å². The van der Waals surface area contributed by atoms with E-state index >= 15 is 0 Å². The maximum absolute atomic E-state index is 13.1. The second-order valence-corrected chi connectivity index (χ2v) is 8.66. The van der Waals surface area contributed by atoms with E-state index in [1.165, 1.54) is 0 Å². The monoisotopic (exact) mass is 436 g/mol. The molecule has 1 fully saturated rings. The summed E-state index contributed by atoms with van der Waals surface area (Å²) in [7, 11) is 1.61. The molecule has 0 radical (unpaired) electrons. The summed E-state index contributed by atoms with van der Waals surface area (Å²) >= 11 is 0. The summed E-state index contributed by atoms with van der Waals surface area (Å²) < 4.78 is 13.4. The largest absolute Gasteiger partial charge is 0.493 e. The fourth-order valence-corrected chi connectivity index (χ4v) is 3.91. The van der Waals surface area contributed by atoms with Gasteiger partial charge in [0.15, 0.2) is 11.5 Å². The molecule has 0 N–H and O–H groups in total. The Labute approximate surface area is 189 Å². The Kier molecular flexibility index (Phi) is 6.95. The van der Waals surface area contributed by atoms with E-state index in [0.717, 1.165) is 37.4 Å². The first-order valence-electron chi connectivity index (χ1n) is 11.3. The van der Waals surface area contributed by atoms with Crippen LogP contribution in [0.15, 0.2) is 48.8 Å². The number of nitrogens with zero attached hydrogens (tertiary/aromatic N) is 4. The molecule has 0 atom stereocenters. The molecule has 4 rings (SSSR count). The van der Waals surface area contributed by atoms with Gasteiger partial charge in [-0.25, -0.2) is 4.98 Å². The number of piperazine rings is 1. The van der Waals surface area contributed by atoms with Gasteiger partial charge < -0.3 is 18.8 Å². The van der Waals surface area contributed by atoms with E-state index in [1.54, 1.807) is 13.2 Å². The van der Waals surface area contributed by atoms with Crippen LogP contribution in [0.2, 0.25) is 0 Å². The lowest BCUT2D eigenvalue weighted by atomic mass is 10.1. The van der Waals surface area contributed by atoms with Crippen molar-refractivity contribution in [3.8, 4) is 11.5 Å². The number of amides is 1. The number of hydrogen-bond acceptors (Lipinski definition) is 5. The zero-order valence-electron chi connectivity index (χ0n) is 19.2. The Morgan fingerprint density at radius 2 is 1.91 bits per heavy atom. The third-order valence-electron chi connectivity index (χ3n) is 5.82. The molecule has 1 amide bonds. The molecule has 1 aromatic carbocycles. The first-order chi connectivity index (χ1) is 15.5. The average Bonchev–Trinajstić information content (AvgIpc) is 3.21. The number of pyridine rings is 1. The van der Waals surface area contributed by atoms with Gasteiger partial charge in [0, 0.05) is 50.7 Å². The van der Waals surface area contributed by atoms with Gasteiger partial charge in [-0.15, -0.1) is 0 Å². The van der Waals surface area contributed by atoms with Crippen molar-refractivity contribution in [3.63, 3.8) is 0 Å². The third kappa shape index (κ3) is 5.22. The van der Waals surface area contributed by atoms with Gasteiger partial charge in [0.1, 0.15) is 5.65 Å². The zero-order chi connectivity index (χ0) is 22.5. The molecule has 170 valence electrons. The number of aromatic nitrogens is 2. The van der Waals surface area contributed by atoms with Gasteiger partial charge in [0.25, 0.3) is 5.91 Å². The second-order valence-electron chi connectivity index (χ2n) is 8.66. The smallest absolute Gasteiger partial charge is 0.254 e. The van der Waals surface area contributed by atoms with Gasteiger partial charge in [-0.2, -0.15) is 0 Å². The van der Waals surface area contributed by atoms with Crippen LogP contribution in [0, 0.1) is 5.92 Å². The van der Waals surface area contributed by atoms with Crippen molar-refractivity contribution in [2.45, 2.75) is 26.8 Å². The molecule has 3 aromatic rings. The lowest BCUT2D eigenvalue weighted by Crippen LogP contribution is -2.48. The van der Waals surface area contributed by atoms with Crippen molar-refractivity contribution >= 4 is 11.6 Å². The highest BCUT2D eigenvalue weighted by atomic mass is 16.5. The van der Waals surface area contributed by atoms with Gasteiger partial charge in [0.2, 0.25) is 0 Å². The summed E-state index contributed by atoms with van der Waals surface area (Å²) in [4.78, 5) is 22.0. The molecule has 0 unspecified atom stereocenters. The van der Waals surface area contributed by atoms with Crippen LogP contribution < -0.4 is 9.47 Å². The van der Waals surface area contributed by atoms with Gasteiger partial charge in [-0.05, 0) is 42.7 Å². The minimum atomic E-state index is 0.0319. The number of imidazole rings is 1. The number of carbonyl (C=O) groups excluding carboxylic acids is 1. The van der Waals surface area contributed by atoms with Crippen molar-refractivity contribution in [2.75, 3.05) is 39.9 Å². The topological polar surface area (TPSA) is 59.3 Å². The van der Waals surface area contributed by atoms with Crippen LogP contribution in [-0.4, -0.2) is 65.0 Å². The first-order valence-corrected chi connectivity index (χ1v) is 11.3. The normalized spacial score (nSPS) is 14.8. The summed E-state index contributed by atoms with van der Waals surface area (Å²) in [6, 6.07) is 11.5. The first kappa shape index (κ1) is 22.1. The highest BCUT2D eigenvalue weighted by Crippen LogP contribution is 2.29. The molecule has 0 bridgehead atoms. The Morgan fingerprint density at radius 1 is 1.09 bits per heavy atom. The van der Waals surface area contributed by atoms with Gasteiger partial charge in [-0.3, -0.25) is 9.69 Å². The third-order valence-corrected chi connectivity index (χ3v) is 5.82. The molecule has 1 aliphatic rings. The van der Waals surface area contributed by atoms with Crippen LogP contribution in [0.3, 0.4) is 0 Å². The van der Waals surface area contributed by atoms with Crippen LogP contribution in [0.25, 0.3) is 5.65 Å². The number of fused-ring (bicyclic) bond motifs is 1. The lowest BCUT2D eigenvalue weighted by molar-refractivity contribution is 0.0627. The summed E-state index contributed by atoms with van der Waals surface area (Å²) in [5.74, 6) is 1.89. The van der Waals surface area contributed by atoms with Crippen LogP contribution in [0.1, 0.15) is 36.3 Å². The molecule has 1 aliphatic heterocycles. The van der Waals surface area contributed by atoms with E-state index in [0.29, 0.717) is 42.7 Å². The standard InChI is InChI=1S/C25H32N4O3/c1-19(2)9-15-32-22-8-7-20(16-23(22)31-3)25(30)28-13-11-27(12-14-28)17-21-18-29-10-5-4-6-24(29)26-21/h4-8,10,16,18-19H,9,11-15,17H2,1-3H3. The van der Waals surface area contributed by atoms with E-state index < -0.39 is 0 Å². The van der Waals surface area contributed by atoms with Gasteiger partial charge >= 0.3 is 0 Å². The zero-order valence-corrected chi connectivity index (χ0v) is 19.2. The number of methoxy groups -OCH3 is 1. The molecule has 1 saturated heterocycles. The minimum absolute atomic E-state index is 0.0319. The van der Waals surface area contributed by atoms with Crippen molar-refractivity contribution in [1.82, 2.24) is 19.2 Å². The summed E-state index contributed by atoms with van der Waals surface area (Å²) in [6.45, 7) is 8.80. The Morgan fingerprint density at radius 3 is 2.62 bits per heavy atom. The molecule has 2 aromatic heterocycles. The minimum Gasteiger partial charge on any atom is -0.493 e. The van der Waals surface area contributed by atoms with Crippen LogP contribution in [-0.2, 0) is 6.54 Å². The maximum atomic E-state index is 13.1. The fraction of sp³-hybridized carbons (Fsp3) is 0.440. The summed E-state index contributed by atoms with van der Waals surface area (Å²) in [5, 5.41) is 0. The number of carbonyl (C=O) groups is 1. The molecule has 0 saturated carbocycles. The SMILES string of the molecule is COc1cc(C(=O)N2CCN(Cc3cn4ccccc4n3)CC2)ccc1OCCC(C)C. The van der Waals surface area contributed by atoms with E-state index in [2.05, 4.69) is 29.9 Å². The van der Waals surface area contributed by atoms with Crippen LogP contribution in [0.4, 0.5) is 0 Å². The predicted molar refractivity (Wildman–Crippen MR) is 124 cm³/mol. The van der Waals surface area contributed by atoms with Crippen LogP contribution in [0.5, 0.6) is 11.5 Å². The van der Waals surface area contributed by atoms with Crippen molar-refractivity contribution in [1.29, 1.82) is 0 Å². The molecule has 0 spiro atoms. The molecule has 7 nitrogen and oxygen atoms in total. The van der Waals surface area contributed by atoms with Crippen molar-refractivity contribution in [3.05, 3.63) is 60.0 Å². The maximum Gasteiger partial charge on any atom is 0.254 e. The Hall–Kier alpha value is -3.06. The van der Waals surface area contributed by atoms with E-state index in [4.69, 9.17) is 9.47 Å². The number of hydrogen-bond donors (Lipinski definition) is 0.